The smallest absolute Gasteiger partial charge is 0.222 e. The van der Waals surface area contributed by atoms with Crippen LogP contribution in [0.5, 0.6) is 0 Å². The first-order valence-electron chi connectivity index (χ1n) is 7.51. The SMILES string of the molecule is NC(=O)[C@@H](CNC(=O)C[C@H]1C=CCC1)Cc1ccc(F)cc1. The Balaban J connectivity index is 1.83. The highest BCUT2D eigenvalue weighted by Gasteiger charge is 2.19. The van der Waals surface area contributed by atoms with Crippen LogP contribution in [0.2, 0.25) is 0 Å². The van der Waals surface area contributed by atoms with Gasteiger partial charge in [-0.1, -0.05) is 24.3 Å². The zero-order valence-corrected chi connectivity index (χ0v) is 12.4. The molecule has 5 heteroatoms. The van der Waals surface area contributed by atoms with Gasteiger partial charge in [-0.05, 0) is 42.9 Å². The molecule has 1 aliphatic carbocycles. The molecule has 118 valence electrons. The highest BCUT2D eigenvalue weighted by atomic mass is 19.1. The third-order valence-electron chi connectivity index (χ3n) is 3.90. The quantitative estimate of drug-likeness (QED) is 0.756. The Kier molecular flexibility index (Phi) is 5.69. The van der Waals surface area contributed by atoms with Crippen molar-refractivity contribution in [2.45, 2.75) is 25.7 Å². The molecule has 1 aliphatic rings. The van der Waals surface area contributed by atoms with E-state index in [-0.39, 0.29) is 18.3 Å². The minimum atomic E-state index is -0.492. The highest BCUT2D eigenvalue weighted by molar-refractivity contribution is 5.80. The number of nitrogens with two attached hydrogens (primary N) is 1. The average molecular weight is 304 g/mol. The molecular weight excluding hydrogens is 283 g/mol. The summed E-state index contributed by atoms with van der Waals surface area (Å²) in [6, 6.07) is 5.93. The van der Waals surface area contributed by atoms with E-state index in [9.17, 15) is 14.0 Å². The third kappa shape index (κ3) is 4.98. The number of carbonyl (C=O) groups is 2. The van der Waals surface area contributed by atoms with Crippen molar-refractivity contribution >= 4 is 11.8 Å². The molecule has 0 unspecified atom stereocenters. The predicted octanol–water partition coefficient (Wildman–Crippen LogP) is 1.94. The van der Waals surface area contributed by atoms with Gasteiger partial charge < -0.3 is 11.1 Å². The van der Waals surface area contributed by atoms with Crippen molar-refractivity contribution in [2.24, 2.45) is 17.6 Å². The predicted molar refractivity (Wildman–Crippen MR) is 82.3 cm³/mol. The van der Waals surface area contributed by atoms with E-state index in [4.69, 9.17) is 5.73 Å². The maximum atomic E-state index is 12.9. The summed E-state index contributed by atoms with van der Waals surface area (Å²) in [5.74, 6) is -1.05. The van der Waals surface area contributed by atoms with Gasteiger partial charge in [0.05, 0.1) is 5.92 Å². The van der Waals surface area contributed by atoms with E-state index in [0.29, 0.717) is 18.8 Å². The number of nitrogens with one attached hydrogen (secondary N) is 1. The molecule has 0 aromatic heterocycles. The summed E-state index contributed by atoms with van der Waals surface area (Å²) in [5, 5.41) is 2.77. The summed E-state index contributed by atoms with van der Waals surface area (Å²) in [6.07, 6.45) is 6.99. The molecule has 3 N–H and O–H groups in total. The van der Waals surface area contributed by atoms with Crippen molar-refractivity contribution < 1.29 is 14.0 Å². The number of halogens is 1. The van der Waals surface area contributed by atoms with Gasteiger partial charge >= 0.3 is 0 Å². The van der Waals surface area contributed by atoms with Gasteiger partial charge in [-0.2, -0.15) is 0 Å². The second-order valence-electron chi connectivity index (χ2n) is 5.70. The van der Waals surface area contributed by atoms with Crippen molar-refractivity contribution in [1.29, 1.82) is 0 Å². The van der Waals surface area contributed by atoms with Gasteiger partial charge in [0.15, 0.2) is 0 Å². The second kappa shape index (κ2) is 7.73. The molecule has 0 aliphatic heterocycles. The fraction of sp³-hybridized carbons (Fsp3) is 0.412. The summed E-state index contributed by atoms with van der Waals surface area (Å²) in [5.41, 5.74) is 6.21. The number of benzene rings is 1. The number of hydrogen-bond donors (Lipinski definition) is 2. The monoisotopic (exact) mass is 304 g/mol. The van der Waals surface area contributed by atoms with E-state index in [0.717, 1.165) is 18.4 Å². The minimum Gasteiger partial charge on any atom is -0.369 e. The summed E-state index contributed by atoms with van der Waals surface area (Å²) in [7, 11) is 0. The molecule has 2 amide bonds. The Morgan fingerprint density at radius 1 is 1.32 bits per heavy atom. The van der Waals surface area contributed by atoms with Crippen molar-refractivity contribution in [1.82, 2.24) is 5.32 Å². The van der Waals surface area contributed by atoms with Gasteiger partial charge in [-0.15, -0.1) is 0 Å². The lowest BCUT2D eigenvalue weighted by atomic mass is 9.98. The van der Waals surface area contributed by atoms with Crippen LogP contribution in [0.4, 0.5) is 4.39 Å². The Hall–Kier alpha value is -2.17. The van der Waals surface area contributed by atoms with Crippen LogP contribution in [0.15, 0.2) is 36.4 Å². The molecule has 2 rings (SSSR count). The molecule has 22 heavy (non-hydrogen) atoms. The first-order chi connectivity index (χ1) is 10.5. The van der Waals surface area contributed by atoms with Crippen LogP contribution in [0.3, 0.4) is 0 Å². The van der Waals surface area contributed by atoms with E-state index in [1.165, 1.54) is 12.1 Å². The molecule has 0 fully saturated rings. The van der Waals surface area contributed by atoms with E-state index in [2.05, 4.69) is 17.5 Å². The van der Waals surface area contributed by atoms with Gasteiger partial charge in [0.25, 0.3) is 0 Å². The number of allylic oxidation sites excluding steroid dienone is 2. The zero-order valence-electron chi connectivity index (χ0n) is 12.4. The maximum absolute atomic E-state index is 12.9. The molecule has 0 bridgehead atoms. The van der Waals surface area contributed by atoms with Crippen LogP contribution in [-0.2, 0) is 16.0 Å². The second-order valence-corrected chi connectivity index (χ2v) is 5.70. The highest BCUT2D eigenvalue weighted by Crippen LogP contribution is 2.20. The molecule has 4 nitrogen and oxygen atoms in total. The summed E-state index contributed by atoms with van der Waals surface area (Å²) in [4.78, 5) is 23.4. The van der Waals surface area contributed by atoms with Crippen LogP contribution < -0.4 is 11.1 Å². The van der Waals surface area contributed by atoms with Gasteiger partial charge in [0.1, 0.15) is 5.82 Å². The molecule has 0 radical (unpaired) electrons. The number of rotatable bonds is 7. The van der Waals surface area contributed by atoms with Crippen LogP contribution in [0.25, 0.3) is 0 Å². The Bertz CT molecular complexity index is 554. The van der Waals surface area contributed by atoms with Crippen LogP contribution >= 0.6 is 0 Å². The number of carbonyl (C=O) groups excluding carboxylic acids is 2. The van der Waals surface area contributed by atoms with Gasteiger partial charge in [-0.3, -0.25) is 9.59 Å². The van der Waals surface area contributed by atoms with E-state index in [1.807, 2.05) is 0 Å². The van der Waals surface area contributed by atoms with Crippen LogP contribution in [-0.4, -0.2) is 18.4 Å². The Morgan fingerprint density at radius 3 is 2.64 bits per heavy atom. The third-order valence-corrected chi connectivity index (χ3v) is 3.90. The minimum absolute atomic E-state index is 0.0677. The number of primary amides is 1. The Morgan fingerprint density at radius 2 is 2.05 bits per heavy atom. The zero-order chi connectivity index (χ0) is 15.9. The molecule has 2 atom stereocenters. The van der Waals surface area contributed by atoms with Gasteiger partial charge in [0, 0.05) is 13.0 Å². The first-order valence-corrected chi connectivity index (χ1v) is 7.51. The normalized spacial score (nSPS) is 18.1. The average Bonchev–Trinajstić information content (AvgIpc) is 2.98. The lowest BCUT2D eigenvalue weighted by Crippen LogP contribution is -2.37. The van der Waals surface area contributed by atoms with E-state index >= 15 is 0 Å². The molecule has 1 aromatic rings. The van der Waals surface area contributed by atoms with E-state index in [1.54, 1.807) is 12.1 Å². The van der Waals surface area contributed by atoms with Crippen molar-refractivity contribution in [3.8, 4) is 0 Å². The molecule has 0 spiro atoms. The molecule has 1 aromatic carbocycles. The number of amides is 2. The van der Waals surface area contributed by atoms with Gasteiger partial charge in [0.2, 0.25) is 11.8 Å². The molecule has 0 saturated heterocycles. The van der Waals surface area contributed by atoms with Gasteiger partial charge in [-0.25, -0.2) is 4.39 Å². The van der Waals surface area contributed by atoms with Crippen LogP contribution in [0, 0.1) is 17.7 Å². The van der Waals surface area contributed by atoms with Crippen molar-refractivity contribution in [3.63, 3.8) is 0 Å². The first kappa shape index (κ1) is 16.2. The topological polar surface area (TPSA) is 72.2 Å². The summed E-state index contributed by atoms with van der Waals surface area (Å²) in [6.45, 7) is 0.210. The fourth-order valence-electron chi connectivity index (χ4n) is 2.59. The Labute approximate surface area is 129 Å². The number of hydrogen-bond acceptors (Lipinski definition) is 2. The van der Waals surface area contributed by atoms with Crippen molar-refractivity contribution in [3.05, 3.63) is 47.8 Å². The molecule has 0 saturated carbocycles. The fourth-order valence-corrected chi connectivity index (χ4v) is 2.59. The summed E-state index contributed by atoms with van der Waals surface area (Å²) >= 11 is 0. The summed E-state index contributed by atoms with van der Waals surface area (Å²) < 4.78 is 12.9. The lowest BCUT2D eigenvalue weighted by Gasteiger charge is -2.15. The van der Waals surface area contributed by atoms with Crippen molar-refractivity contribution in [2.75, 3.05) is 6.54 Å². The molecule has 0 heterocycles. The van der Waals surface area contributed by atoms with Crippen LogP contribution in [0.1, 0.15) is 24.8 Å². The standard InChI is InChI=1S/C17H21FN2O2/c18-15-7-5-13(6-8-15)9-14(17(19)22)11-20-16(21)10-12-3-1-2-4-12/h1,3,5-8,12,14H,2,4,9-11H2,(H2,19,22)(H,20,21)/t12-,14+/m0/s1. The lowest BCUT2D eigenvalue weighted by molar-refractivity contribution is -0.123. The van der Waals surface area contributed by atoms with E-state index < -0.39 is 11.8 Å². The largest absolute Gasteiger partial charge is 0.369 e. The maximum Gasteiger partial charge on any atom is 0.222 e. The molecular formula is C17H21FN2O2.